The van der Waals surface area contributed by atoms with Crippen LogP contribution in [-0.4, -0.2) is 40.6 Å². The fraction of sp³-hybridized carbons (Fsp3) is 0.889. The van der Waals surface area contributed by atoms with Crippen LogP contribution < -0.4 is 0 Å². The molecule has 0 heterocycles. The molecule has 0 saturated carbocycles. The Balaban J connectivity index is 4.95. The third-order valence-corrected chi connectivity index (χ3v) is 8.04. The summed E-state index contributed by atoms with van der Waals surface area (Å²) in [6.07, 6.45) is 1.08. The Morgan fingerprint density at radius 2 is 1.39 bits per heavy atom. The molecular formula is C18H33F2O5PS2. The van der Waals surface area contributed by atoms with Crippen molar-refractivity contribution in [2.45, 2.75) is 67.0 Å². The number of halogens is 2. The lowest BCUT2D eigenvalue weighted by atomic mass is 9.97. The average Bonchev–Trinajstić information content (AvgIpc) is 2.53. The summed E-state index contributed by atoms with van der Waals surface area (Å²) in [6.45, 7) is 10.3. The van der Waals surface area contributed by atoms with Gasteiger partial charge in [-0.15, -0.1) is 0 Å². The molecule has 0 aliphatic carbocycles. The van der Waals surface area contributed by atoms with Gasteiger partial charge in [0, 0.05) is 28.8 Å². The van der Waals surface area contributed by atoms with Crippen molar-refractivity contribution >= 4 is 41.4 Å². The maximum absolute atomic E-state index is 14.8. The second-order valence-electron chi connectivity index (χ2n) is 8.31. The Bertz CT molecular complexity index is 571. The smallest absolute Gasteiger partial charge is 0.304 e. The Morgan fingerprint density at radius 1 is 0.929 bits per heavy atom. The molecule has 0 fully saturated rings. The SMILES string of the molecule is CCCC(=O)SCCOP(=O)(OCCSC(=O)C(C)(C)C)C(F)(F)C(C)(C)C. The van der Waals surface area contributed by atoms with Gasteiger partial charge in [-0.3, -0.25) is 14.2 Å². The first-order valence-corrected chi connectivity index (χ1v) is 12.7. The van der Waals surface area contributed by atoms with Crippen LogP contribution in [0.4, 0.5) is 8.78 Å². The number of alkyl halides is 2. The molecule has 0 N–H and O–H groups in total. The maximum Gasteiger partial charge on any atom is 0.400 e. The summed E-state index contributed by atoms with van der Waals surface area (Å²) in [5, 5.41) is -0.179. The maximum atomic E-state index is 14.8. The molecule has 1 unspecified atom stereocenters. The molecule has 0 aromatic carbocycles. The molecule has 0 radical (unpaired) electrons. The Hall–Kier alpha value is 0.0500. The van der Waals surface area contributed by atoms with Crippen LogP contribution in [0.15, 0.2) is 0 Å². The van der Waals surface area contributed by atoms with Gasteiger partial charge in [0.25, 0.3) is 0 Å². The highest BCUT2D eigenvalue weighted by molar-refractivity contribution is 8.13. The normalized spacial score (nSPS) is 15.3. The van der Waals surface area contributed by atoms with Crippen molar-refractivity contribution < 1.29 is 32.0 Å². The average molecular weight is 463 g/mol. The van der Waals surface area contributed by atoms with E-state index in [1.807, 2.05) is 6.92 Å². The fourth-order valence-electron chi connectivity index (χ4n) is 1.71. The topological polar surface area (TPSA) is 69.7 Å². The minimum atomic E-state index is -4.80. The molecule has 0 amide bonds. The van der Waals surface area contributed by atoms with Crippen molar-refractivity contribution in [3.05, 3.63) is 0 Å². The summed E-state index contributed by atoms with van der Waals surface area (Å²) in [6, 6.07) is 0. The Kier molecular flexibility index (Phi) is 11.5. The first-order valence-electron chi connectivity index (χ1n) is 9.18. The van der Waals surface area contributed by atoms with Crippen LogP contribution in [0.2, 0.25) is 0 Å². The predicted molar refractivity (Wildman–Crippen MR) is 113 cm³/mol. The minimum absolute atomic E-state index is 0.0680. The molecule has 0 spiro atoms. The molecular weight excluding hydrogens is 429 g/mol. The van der Waals surface area contributed by atoms with Crippen LogP contribution in [0.5, 0.6) is 0 Å². The monoisotopic (exact) mass is 462 g/mol. The van der Waals surface area contributed by atoms with Crippen molar-refractivity contribution in [1.82, 2.24) is 0 Å². The van der Waals surface area contributed by atoms with E-state index in [2.05, 4.69) is 0 Å². The van der Waals surface area contributed by atoms with Gasteiger partial charge in [-0.2, -0.15) is 8.78 Å². The zero-order valence-electron chi connectivity index (χ0n) is 17.8. The molecule has 166 valence electrons. The van der Waals surface area contributed by atoms with Gasteiger partial charge in [-0.1, -0.05) is 72.0 Å². The third-order valence-electron chi connectivity index (χ3n) is 3.50. The lowest BCUT2D eigenvalue weighted by Gasteiger charge is -2.35. The van der Waals surface area contributed by atoms with E-state index in [1.165, 1.54) is 20.8 Å². The minimum Gasteiger partial charge on any atom is -0.304 e. The van der Waals surface area contributed by atoms with Crippen LogP contribution in [0.1, 0.15) is 61.3 Å². The first kappa shape index (κ1) is 28.1. The van der Waals surface area contributed by atoms with Crippen LogP contribution in [0.3, 0.4) is 0 Å². The molecule has 0 aromatic heterocycles. The molecule has 0 rings (SSSR count). The number of carbonyl (C=O) groups excluding carboxylic acids is 2. The van der Waals surface area contributed by atoms with Gasteiger partial charge in [0.05, 0.1) is 13.2 Å². The van der Waals surface area contributed by atoms with Crippen molar-refractivity contribution in [3.8, 4) is 0 Å². The van der Waals surface area contributed by atoms with Crippen molar-refractivity contribution in [1.29, 1.82) is 0 Å². The fourth-order valence-corrected chi connectivity index (χ4v) is 5.37. The van der Waals surface area contributed by atoms with Gasteiger partial charge >= 0.3 is 13.3 Å². The quantitative estimate of drug-likeness (QED) is 0.267. The highest BCUT2D eigenvalue weighted by Gasteiger charge is 2.61. The van der Waals surface area contributed by atoms with E-state index in [0.29, 0.717) is 12.8 Å². The summed E-state index contributed by atoms with van der Waals surface area (Å²) in [7, 11) is -4.80. The Morgan fingerprint density at radius 3 is 1.79 bits per heavy atom. The highest BCUT2D eigenvalue weighted by atomic mass is 32.2. The number of hydrogen-bond donors (Lipinski definition) is 0. The predicted octanol–water partition coefficient (Wildman–Crippen LogP) is 6.22. The molecule has 0 aliphatic rings. The van der Waals surface area contributed by atoms with Crippen molar-refractivity contribution in [3.63, 3.8) is 0 Å². The van der Waals surface area contributed by atoms with E-state index in [0.717, 1.165) is 23.5 Å². The Labute approximate surface area is 176 Å². The van der Waals surface area contributed by atoms with Gasteiger partial charge < -0.3 is 9.05 Å². The number of hydrogen-bond acceptors (Lipinski definition) is 7. The molecule has 5 nitrogen and oxygen atoms in total. The second-order valence-corrected chi connectivity index (χ2v) is 12.6. The van der Waals surface area contributed by atoms with E-state index >= 15 is 0 Å². The first-order chi connectivity index (χ1) is 12.6. The largest absolute Gasteiger partial charge is 0.400 e. The molecule has 0 aromatic rings. The van der Waals surface area contributed by atoms with Gasteiger partial charge in [0.2, 0.25) is 0 Å². The van der Waals surface area contributed by atoms with E-state index in [1.54, 1.807) is 20.8 Å². The van der Waals surface area contributed by atoms with E-state index < -0.39 is 24.1 Å². The molecule has 1 atom stereocenters. The van der Waals surface area contributed by atoms with Crippen molar-refractivity contribution in [2.24, 2.45) is 10.8 Å². The van der Waals surface area contributed by atoms with Gasteiger partial charge in [0.1, 0.15) is 0 Å². The third kappa shape index (κ3) is 8.82. The van der Waals surface area contributed by atoms with Crippen LogP contribution in [0.25, 0.3) is 0 Å². The summed E-state index contributed by atoms with van der Waals surface area (Å²) in [5.74, 6) is 0.205. The van der Waals surface area contributed by atoms with E-state index in [-0.39, 0.29) is 35.0 Å². The lowest BCUT2D eigenvalue weighted by molar-refractivity contribution is -0.117. The van der Waals surface area contributed by atoms with Crippen molar-refractivity contribution in [2.75, 3.05) is 24.7 Å². The zero-order chi connectivity index (χ0) is 22.2. The van der Waals surface area contributed by atoms with Gasteiger partial charge in [0.15, 0.2) is 10.2 Å². The van der Waals surface area contributed by atoms with Gasteiger partial charge in [-0.05, 0) is 6.42 Å². The van der Waals surface area contributed by atoms with Gasteiger partial charge in [-0.25, -0.2) is 0 Å². The van der Waals surface area contributed by atoms with E-state index in [9.17, 15) is 22.9 Å². The lowest BCUT2D eigenvalue weighted by Crippen LogP contribution is -2.35. The molecule has 0 saturated heterocycles. The molecule has 10 heteroatoms. The number of rotatable bonds is 11. The second kappa shape index (κ2) is 11.4. The number of carbonyl (C=O) groups is 2. The van der Waals surface area contributed by atoms with E-state index in [4.69, 9.17) is 9.05 Å². The van der Waals surface area contributed by atoms with Crippen LogP contribution >= 0.6 is 31.1 Å². The standard InChI is InChI=1S/C18H33F2O5PS2/c1-8-9-14(21)27-12-10-24-26(23,18(19,20)17(5,6)7)25-11-13-28-15(22)16(2,3)4/h8-13H2,1-7H3. The molecule has 28 heavy (non-hydrogen) atoms. The molecule has 0 aliphatic heterocycles. The molecule has 0 bridgehead atoms. The van der Waals surface area contributed by atoms with Crippen LogP contribution in [0, 0.1) is 10.8 Å². The zero-order valence-corrected chi connectivity index (χ0v) is 20.3. The summed E-state index contributed by atoms with van der Waals surface area (Å²) in [4.78, 5) is 23.4. The summed E-state index contributed by atoms with van der Waals surface area (Å²) < 4.78 is 52.6. The number of thioether (sulfide) groups is 2. The summed E-state index contributed by atoms with van der Waals surface area (Å²) in [5.41, 5.74) is -5.94. The summed E-state index contributed by atoms with van der Waals surface area (Å²) >= 11 is 1.91. The van der Waals surface area contributed by atoms with Crippen LogP contribution in [-0.2, 0) is 23.2 Å². The highest BCUT2D eigenvalue weighted by Crippen LogP contribution is 2.67.